The van der Waals surface area contributed by atoms with Crippen LogP contribution in [0.15, 0.2) is 78.9 Å². The van der Waals surface area contributed by atoms with Crippen molar-refractivity contribution in [1.29, 1.82) is 0 Å². The number of aliphatic carboxylic acids is 1. The van der Waals surface area contributed by atoms with Gasteiger partial charge in [0.15, 0.2) is 6.10 Å². The Morgan fingerprint density at radius 1 is 0.944 bits per heavy atom. The number of aliphatic hydroxyl groups excluding tert-OH is 1. The molecule has 0 saturated heterocycles. The summed E-state index contributed by atoms with van der Waals surface area (Å²) < 4.78 is 12.2. The molecule has 1 aliphatic heterocycles. The van der Waals surface area contributed by atoms with Gasteiger partial charge in [0.25, 0.3) is 5.91 Å². The lowest BCUT2D eigenvalue weighted by atomic mass is 9.90. The van der Waals surface area contributed by atoms with Crippen LogP contribution in [0.2, 0.25) is 0 Å². The van der Waals surface area contributed by atoms with Crippen molar-refractivity contribution in [3.05, 3.63) is 101 Å². The minimum atomic E-state index is -1.07. The first-order valence-corrected chi connectivity index (χ1v) is 12.2. The first-order chi connectivity index (χ1) is 17.5. The Kier molecular flexibility index (Phi) is 7.02. The van der Waals surface area contributed by atoms with Gasteiger partial charge in [-0.25, -0.2) is 4.79 Å². The van der Waals surface area contributed by atoms with E-state index in [2.05, 4.69) is 0 Å². The van der Waals surface area contributed by atoms with Crippen LogP contribution in [0, 0.1) is 0 Å². The number of carbonyl (C=O) groups excluding carboxylic acids is 1. The van der Waals surface area contributed by atoms with E-state index in [0.29, 0.717) is 30.8 Å². The van der Waals surface area contributed by atoms with E-state index in [4.69, 9.17) is 9.47 Å². The fourth-order valence-electron chi connectivity index (χ4n) is 4.81. The summed E-state index contributed by atoms with van der Waals surface area (Å²) in [6.45, 7) is 0.516. The summed E-state index contributed by atoms with van der Waals surface area (Å²) in [5.41, 5.74) is 3.35. The molecule has 2 N–H and O–H groups in total. The lowest BCUT2D eigenvalue weighted by Gasteiger charge is -2.39. The first kappa shape index (κ1) is 24.0. The van der Waals surface area contributed by atoms with Crippen LogP contribution in [0.5, 0.6) is 5.75 Å². The van der Waals surface area contributed by atoms with Gasteiger partial charge in [0.2, 0.25) is 0 Å². The molecule has 3 aromatic carbocycles. The van der Waals surface area contributed by atoms with Gasteiger partial charge in [-0.05, 0) is 35.6 Å². The number of aliphatic hydroxyl groups is 1. The number of benzene rings is 3. The maximum Gasteiger partial charge on any atom is 0.326 e. The van der Waals surface area contributed by atoms with Crippen LogP contribution in [0.25, 0.3) is 0 Å². The molecule has 2 atom stereocenters. The Morgan fingerprint density at radius 2 is 1.64 bits per heavy atom. The molecule has 1 saturated carbocycles. The molecule has 2 aliphatic rings. The molecule has 1 heterocycles. The van der Waals surface area contributed by atoms with E-state index in [-0.39, 0.29) is 19.1 Å². The van der Waals surface area contributed by atoms with Gasteiger partial charge in [-0.15, -0.1) is 0 Å². The van der Waals surface area contributed by atoms with Crippen LogP contribution in [0.3, 0.4) is 0 Å². The smallest absolute Gasteiger partial charge is 0.326 e. The first-order valence-electron chi connectivity index (χ1n) is 12.2. The molecule has 1 fully saturated rings. The third-order valence-electron chi connectivity index (χ3n) is 6.87. The van der Waals surface area contributed by atoms with Gasteiger partial charge in [-0.3, -0.25) is 4.79 Å². The number of carbonyl (C=O) groups is 2. The number of amides is 1. The number of rotatable bonds is 8. The molecule has 7 heteroatoms. The number of fused-ring (bicyclic) bond motifs is 1. The molecule has 36 heavy (non-hydrogen) atoms. The number of ether oxygens (including phenoxy) is 2. The van der Waals surface area contributed by atoms with E-state index in [0.717, 1.165) is 16.7 Å². The molecule has 0 aromatic heterocycles. The van der Waals surface area contributed by atoms with Crippen molar-refractivity contribution in [2.45, 2.75) is 56.8 Å². The molecule has 0 bridgehead atoms. The maximum atomic E-state index is 13.8. The Balaban J connectivity index is 1.40. The molecule has 3 aromatic rings. The maximum absolute atomic E-state index is 13.8. The zero-order valence-electron chi connectivity index (χ0n) is 19.8. The summed E-state index contributed by atoms with van der Waals surface area (Å²) in [5, 5.41) is 19.8. The highest BCUT2D eigenvalue weighted by molar-refractivity contribution is 5.88. The number of hydrogen-bond acceptors (Lipinski definition) is 5. The Bertz CT molecular complexity index is 1210. The predicted octanol–water partition coefficient (Wildman–Crippen LogP) is 3.88. The largest absolute Gasteiger partial charge is 0.489 e. The summed E-state index contributed by atoms with van der Waals surface area (Å²) in [6, 6.07) is 23.5. The summed E-state index contributed by atoms with van der Waals surface area (Å²) in [6.07, 6.45) is -0.541. The van der Waals surface area contributed by atoms with Crippen LogP contribution in [0.4, 0.5) is 0 Å². The number of carboxylic acid groups (broad SMARTS) is 1. The molecular formula is C29H29NO6. The molecule has 1 aliphatic carbocycles. The van der Waals surface area contributed by atoms with E-state index in [1.54, 1.807) is 12.1 Å². The molecule has 1 amide bonds. The van der Waals surface area contributed by atoms with Crippen molar-refractivity contribution in [2.75, 3.05) is 0 Å². The van der Waals surface area contributed by atoms with Crippen molar-refractivity contribution in [3.63, 3.8) is 0 Å². The highest BCUT2D eigenvalue weighted by atomic mass is 16.5. The van der Waals surface area contributed by atoms with Crippen molar-refractivity contribution in [3.8, 4) is 5.75 Å². The van der Waals surface area contributed by atoms with Crippen LogP contribution in [-0.4, -0.2) is 45.2 Å². The lowest BCUT2D eigenvalue weighted by molar-refractivity contribution is -0.167. The fourth-order valence-corrected chi connectivity index (χ4v) is 4.81. The van der Waals surface area contributed by atoms with E-state index < -0.39 is 30.1 Å². The molecule has 0 radical (unpaired) electrons. The van der Waals surface area contributed by atoms with Gasteiger partial charge in [0.1, 0.15) is 18.4 Å². The van der Waals surface area contributed by atoms with Gasteiger partial charge in [0, 0.05) is 18.5 Å². The number of carboxylic acids is 1. The van der Waals surface area contributed by atoms with E-state index in [1.165, 1.54) is 4.90 Å². The third kappa shape index (κ3) is 5.12. The van der Waals surface area contributed by atoms with Gasteiger partial charge in [0.05, 0.1) is 12.2 Å². The van der Waals surface area contributed by atoms with E-state index >= 15 is 0 Å². The van der Waals surface area contributed by atoms with Crippen molar-refractivity contribution < 1.29 is 29.3 Å². The van der Waals surface area contributed by atoms with Crippen LogP contribution >= 0.6 is 0 Å². The number of nitrogens with zero attached hydrogens (tertiary/aromatic N) is 1. The second kappa shape index (κ2) is 10.5. The topological polar surface area (TPSA) is 96.3 Å². The molecular weight excluding hydrogens is 458 g/mol. The summed E-state index contributed by atoms with van der Waals surface area (Å²) >= 11 is 0. The lowest BCUT2D eigenvalue weighted by Crippen LogP contribution is -2.51. The standard InChI is InChI=1S/C29H29NO6/c31-22-14-23(15-22)36-27(20-10-5-2-6-11-20)28(32)30-17-21-12-7-13-26(24(21)16-25(30)29(33)34)35-18-19-8-3-1-4-9-19/h1-13,22-23,25,27,31H,14-18H2,(H,33,34)/t22?,23?,25-,27+/m1/s1. The van der Waals surface area contributed by atoms with Crippen LogP contribution in [0.1, 0.15) is 41.2 Å². The van der Waals surface area contributed by atoms with Gasteiger partial charge >= 0.3 is 5.97 Å². The summed E-state index contributed by atoms with van der Waals surface area (Å²) in [5.74, 6) is -0.831. The Hall–Kier alpha value is -3.68. The second-order valence-electron chi connectivity index (χ2n) is 9.37. The molecule has 0 spiro atoms. The van der Waals surface area contributed by atoms with Gasteiger partial charge in [-0.1, -0.05) is 72.8 Å². The van der Waals surface area contributed by atoms with E-state index in [1.807, 2.05) is 66.7 Å². The minimum absolute atomic E-state index is 0.144. The van der Waals surface area contributed by atoms with E-state index in [9.17, 15) is 19.8 Å². The van der Waals surface area contributed by atoms with Gasteiger partial charge < -0.3 is 24.6 Å². The second-order valence-corrected chi connectivity index (χ2v) is 9.37. The average molecular weight is 488 g/mol. The zero-order chi connectivity index (χ0) is 25.1. The minimum Gasteiger partial charge on any atom is -0.489 e. The van der Waals surface area contributed by atoms with Crippen LogP contribution in [-0.2, 0) is 33.9 Å². The quantitative estimate of drug-likeness (QED) is 0.501. The highest BCUT2D eigenvalue weighted by Crippen LogP contribution is 2.36. The zero-order valence-corrected chi connectivity index (χ0v) is 19.8. The molecule has 0 unspecified atom stereocenters. The highest BCUT2D eigenvalue weighted by Gasteiger charge is 2.41. The number of hydrogen-bond donors (Lipinski definition) is 2. The molecule has 5 rings (SSSR count). The Labute approximate surface area is 209 Å². The van der Waals surface area contributed by atoms with Crippen molar-refractivity contribution in [2.24, 2.45) is 0 Å². The van der Waals surface area contributed by atoms with Gasteiger partial charge in [-0.2, -0.15) is 0 Å². The summed E-state index contributed by atoms with van der Waals surface area (Å²) in [4.78, 5) is 27.6. The van der Waals surface area contributed by atoms with Crippen molar-refractivity contribution >= 4 is 11.9 Å². The Morgan fingerprint density at radius 3 is 2.31 bits per heavy atom. The van der Waals surface area contributed by atoms with Crippen LogP contribution < -0.4 is 4.74 Å². The molecule has 7 nitrogen and oxygen atoms in total. The normalized spacial score (nSPS) is 21.7. The average Bonchev–Trinajstić information content (AvgIpc) is 2.89. The fraction of sp³-hybridized carbons (Fsp3) is 0.310. The molecule has 186 valence electrons. The third-order valence-corrected chi connectivity index (χ3v) is 6.87. The monoisotopic (exact) mass is 487 g/mol. The van der Waals surface area contributed by atoms with Crippen molar-refractivity contribution in [1.82, 2.24) is 4.90 Å². The SMILES string of the molecule is O=C(O)[C@H]1Cc2c(cccc2OCc2ccccc2)CN1C(=O)[C@@H](OC1CC(O)C1)c1ccccc1. The summed E-state index contributed by atoms with van der Waals surface area (Å²) in [7, 11) is 0. The predicted molar refractivity (Wildman–Crippen MR) is 132 cm³/mol.